The van der Waals surface area contributed by atoms with Gasteiger partial charge in [0.2, 0.25) is 0 Å². The van der Waals surface area contributed by atoms with Gasteiger partial charge in [0.1, 0.15) is 0 Å². The SMILES string of the molecule is C[As](C)(=O)O.C[As](C)(=O)[O-].[K+]. The number of hydrogen-bond acceptors (Lipinski definition) is 3. The van der Waals surface area contributed by atoms with Gasteiger partial charge in [0, 0.05) is 0 Å². The van der Waals surface area contributed by atoms with Crippen LogP contribution >= 0.6 is 0 Å². The molecule has 0 saturated heterocycles. The van der Waals surface area contributed by atoms with Crippen molar-refractivity contribution in [2.24, 2.45) is 0 Å². The minimum Gasteiger partial charge on any atom is 1.00 e. The van der Waals surface area contributed by atoms with Crippen LogP contribution in [0.25, 0.3) is 0 Å². The van der Waals surface area contributed by atoms with E-state index in [0.29, 0.717) is 0 Å². The van der Waals surface area contributed by atoms with Gasteiger partial charge in [-0.2, -0.15) is 0 Å². The van der Waals surface area contributed by atoms with Gasteiger partial charge < -0.3 is 0 Å². The fourth-order valence-electron chi connectivity index (χ4n) is 0. The molecule has 0 rings (SSSR count). The summed E-state index contributed by atoms with van der Waals surface area (Å²) in [4.78, 5) is 0. The van der Waals surface area contributed by atoms with Gasteiger partial charge in [-0.25, -0.2) is 0 Å². The summed E-state index contributed by atoms with van der Waals surface area (Å²) in [6.07, 6.45) is 0. The van der Waals surface area contributed by atoms with Gasteiger partial charge in [-0.05, 0) is 0 Å². The molecule has 7 heteroatoms. The van der Waals surface area contributed by atoms with Crippen LogP contribution in [0.5, 0.6) is 0 Å². The predicted molar refractivity (Wildman–Crippen MR) is 38.6 cm³/mol. The van der Waals surface area contributed by atoms with Crippen molar-refractivity contribution in [3.05, 3.63) is 0 Å². The summed E-state index contributed by atoms with van der Waals surface area (Å²) in [6.45, 7) is 0. The monoisotopic (exact) mass is 314 g/mol. The first kappa shape index (κ1) is 18.9. The molecule has 0 aromatic heterocycles. The molecule has 0 aliphatic carbocycles. The third-order valence-electron chi connectivity index (χ3n) is 0. The van der Waals surface area contributed by atoms with Gasteiger partial charge in [-0.15, -0.1) is 0 Å². The van der Waals surface area contributed by atoms with Crippen LogP contribution in [-0.4, -0.2) is 31.8 Å². The van der Waals surface area contributed by atoms with Crippen LogP contribution in [0, 0.1) is 0 Å². The molecule has 0 bridgehead atoms. The van der Waals surface area contributed by atoms with Crippen molar-refractivity contribution >= 4 is 27.7 Å². The van der Waals surface area contributed by atoms with Crippen LogP contribution in [0.1, 0.15) is 0 Å². The molecule has 64 valence electrons. The largest absolute Gasteiger partial charge is 1.00 e. The van der Waals surface area contributed by atoms with Gasteiger partial charge in [0.15, 0.2) is 0 Å². The first-order chi connectivity index (χ1) is 4.00. The van der Waals surface area contributed by atoms with Crippen LogP contribution in [0.2, 0.25) is 22.8 Å². The Morgan fingerprint density at radius 2 is 1.09 bits per heavy atom. The first-order valence-electron chi connectivity index (χ1n) is 2.54. The van der Waals surface area contributed by atoms with Crippen molar-refractivity contribution in [2.75, 3.05) is 0 Å². The Hall–Kier alpha value is 2.27. The van der Waals surface area contributed by atoms with Crippen LogP contribution in [-0.2, 0) is 7.48 Å². The third kappa shape index (κ3) is 251. The van der Waals surface area contributed by atoms with Gasteiger partial charge >= 0.3 is 118 Å². The molecule has 11 heavy (non-hydrogen) atoms. The molecule has 0 amide bonds. The van der Waals surface area contributed by atoms with Gasteiger partial charge in [-0.1, -0.05) is 0 Å². The molecular weight excluding hydrogens is 301 g/mol. The predicted octanol–water partition coefficient (Wildman–Crippen LogP) is -3.41. The second-order valence-corrected chi connectivity index (χ2v) is 13.2. The molecule has 0 fully saturated rings. The molecule has 0 heterocycles. The standard InChI is InChI=1S/2C2H7AsO2.K/c2*1-3(2,4)5;/h2*1-2H3,(H,4,5);/q;;+1/p-1. The summed E-state index contributed by atoms with van der Waals surface area (Å²) >= 11 is -6.50. The van der Waals surface area contributed by atoms with Crippen LogP contribution in [0.4, 0.5) is 0 Å². The van der Waals surface area contributed by atoms with Gasteiger partial charge in [-0.3, -0.25) is 0 Å². The minimum atomic E-state index is -3.38. The molecule has 1 N–H and O–H groups in total. The molecule has 0 aliphatic heterocycles. The van der Waals surface area contributed by atoms with E-state index in [4.69, 9.17) is 4.10 Å². The maximum atomic E-state index is 9.83. The average Bonchev–Trinajstić information content (AvgIpc) is 1.12. The second kappa shape index (κ2) is 7.66. The van der Waals surface area contributed by atoms with E-state index in [2.05, 4.69) is 0 Å². The summed E-state index contributed by atoms with van der Waals surface area (Å²) in [5.74, 6) is 0. The summed E-state index contributed by atoms with van der Waals surface area (Å²) in [6, 6.07) is 0. The van der Waals surface area contributed by atoms with E-state index in [-0.39, 0.29) is 51.4 Å². The van der Waals surface area contributed by atoms with E-state index >= 15 is 0 Å². The van der Waals surface area contributed by atoms with E-state index in [1.165, 1.54) is 22.8 Å². The smallest absolute Gasteiger partial charge is 1.00 e. The van der Waals surface area contributed by atoms with E-state index < -0.39 is 27.7 Å². The molecule has 0 aromatic carbocycles. The molecule has 0 atom stereocenters. The fraction of sp³-hybridized carbons (Fsp3) is 1.00. The quantitative estimate of drug-likeness (QED) is 0.473. The number of rotatable bonds is 0. The number of hydrogen-bond donors (Lipinski definition) is 1. The van der Waals surface area contributed by atoms with E-state index in [9.17, 15) is 11.6 Å². The molecular formula is C4H13As2KO4. The molecule has 0 radical (unpaired) electrons. The Bertz CT molecular complexity index is 132. The maximum absolute atomic E-state index is 9.83. The molecule has 0 spiro atoms. The Morgan fingerprint density at radius 1 is 1.09 bits per heavy atom. The van der Waals surface area contributed by atoms with Crippen molar-refractivity contribution in [3.63, 3.8) is 0 Å². The van der Waals surface area contributed by atoms with E-state index in [1.807, 2.05) is 0 Å². The van der Waals surface area contributed by atoms with Crippen molar-refractivity contribution in [1.82, 2.24) is 0 Å². The first-order valence-corrected chi connectivity index (χ1v) is 13.2. The normalized spacial score (nSPS) is 10.7. The molecule has 4 nitrogen and oxygen atoms in total. The van der Waals surface area contributed by atoms with Crippen LogP contribution in [0.3, 0.4) is 0 Å². The molecule has 0 saturated carbocycles. The van der Waals surface area contributed by atoms with Crippen molar-refractivity contribution in [1.29, 1.82) is 0 Å². The molecule has 0 aromatic rings. The van der Waals surface area contributed by atoms with Crippen LogP contribution < -0.4 is 55.5 Å². The van der Waals surface area contributed by atoms with Crippen molar-refractivity contribution < 1.29 is 67.1 Å². The van der Waals surface area contributed by atoms with Gasteiger partial charge in [0.25, 0.3) is 0 Å². The molecule has 0 aliphatic rings. The summed E-state index contributed by atoms with van der Waals surface area (Å²) < 4.78 is 37.4. The zero-order chi connectivity index (χ0) is 9.00. The average molecular weight is 314 g/mol. The summed E-state index contributed by atoms with van der Waals surface area (Å²) in [5, 5.41) is 0. The Kier molecular flexibility index (Phi) is 13.2. The Labute approximate surface area is 115 Å². The Balaban J connectivity index is -0.000000107. The third-order valence-corrected chi connectivity index (χ3v) is 0. The minimum absolute atomic E-state index is 0. The zero-order valence-corrected chi connectivity index (χ0v) is 14.4. The fourth-order valence-corrected chi connectivity index (χ4v) is 0. The summed E-state index contributed by atoms with van der Waals surface area (Å²) in [7, 11) is 0. The van der Waals surface area contributed by atoms with Crippen LogP contribution in [0.15, 0.2) is 0 Å². The van der Waals surface area contributed by atoms with Crippen molar-refractivity contribution in [3.8, 4) is 0 Å². The zero-order valence-electron chi connectivity index (χ0n) is 7.57. The Morgan fingerprint density at radius 3 is 1.09 bits per heavy atom. The second-order valence-electron chi connectivity index (χ2n) is 2.55. The van der Waals surface area contributed by atoms with Gasteiger partial charge in [0.05, 0.1) is 0 Å². The molecule has 0 unspecified atom stereocenters. The van der Waals surface area contributed by atoms with Crippen molar-refractivity contribution in [2.45, 2.75) is 22.8 Å². The maximum Gasteiger partial charge on any atom is 1.00 e. The van der Waals surface area contributed by atoms with E-state index in [1.54, 1.807) is 0 Å². The summed E-state index contributed by atoms with van der Waals surface area (Å²) in [5.41, 5.74) is 5.22. The topological polar surface area (TPSA) is 77.4 Å². The van der Waals surface area contributed by atoms with E-state index in [0.717, 1.165) is 0 Å².